The van der Waals surface area contributed by atoms with E-state index in [9.17, 15) is 0 Å². The van der Waals surface area contributed by atoms with E-state index < -0.39 is 0 Å². The summed E-state index contributed by atoms with van der Waals surface area (Å²) in [4.78, 5) is 8.33. The van der Waals surface area contributed by atoms with Gasteiger partial charge in [-0.1, -0.05) is 23.4 Å². The molecule has 0 unspecified atom stereocenters. The lowest BCUT2D eigenvalue weighted by atomic mass is 10.1. The molecule has 0 saturated carbocycles. The highest BCUT2D eigenvalue weighted by molar-refractivity contribution is 5.81. The van der Waals surface area contributed by atoms with Crippen LogP contribution in [0.3, 0.4) is 0 Å². The largest absolute Gasteiger partial charge is 0.343 e. The van der Waals surface area contributed by atoms with Crippen LogP contribution in [0, 0.1) is 0 Å². The maximum absolute atomic E-state index is 4.69. The topological polar surface area (TPSA) is 63.8 Å². The molecule has 3 aromatic rings. The summed E-state index contributed by atoms with van der Waals surface area (Å²) in [6.07, 6.45) is 3.96. The lowest BCUT2D eigenvalue weighted by Gasteiger charge is -2.06. The third-order valence-electron chi connectivity index (χ3n) is 2.99. The van der Waals surface area contributed by atoms with Crippen molar-refractivity contribution in [3.63, 3.8) is 0 Å². The van der Waals surface area contributed by atoms with Crippen molar-refractivity contribution in [2.24, 2.45) is 0 Å². The molecule has 0 aliphatic heterocycles. The van der Waals surface area contributed by atoms with E-state index in [0.29, 0.717) is 0 Å². The minimum absolute atomic E-state index is 0.729. The Bertz CT molecular complexity index is 646. The molecule has 3 rings (SSSR count). The SMILES string of the molecule is c1ccc2c(CNCCc3ncon3)ccnc2c1. The summed E-state index contributed by atoms with van der Waals surface area (Å²) in [6, 6.07) is 10.2. The molecule has 0 radical (unpaired) electrons. The van der Waals surface area contributed by atoms with Crippen molar-refractivity contribution in [1.82, 2.24) is 20.4 Å². The Morgan fingerprint density at radius 2 is 2.05 bits per heavy atom. The Balaban J connectivity index is 1.62. The molecule has 0 spiro atoms. The van der Waals surface area contributed by atoms with Gasteiger partial charge in [0.1, 0.15) is 0 Å². The van der Waals surface area contributed by atoms with Gasteiger partial charge in [0, 0.05) is 31.1 Å². The van der Waals surface area contributed by atoms with Crippen LogP contribution in [0.2, 0.25) is 0 Å². The lowest BCUT2D eigenvalue weighted by molar-refractivity contribution is 0.409. The summed E-state index contributed by atoms with van der Waals surface area (Å²) in [5, 5.41) is 8.35. The number of para-hydroxylation sites is 1. The van der Waals surface area contributed by atoms with Gasteiger partial charge in [0.2, 0.25) is 6.39 Å². The molecule has 5 nitrogen and oxygen atoms in total. The van der Waals surface area contributed by atoms with E-state index in [-0.39, 0.29) is 0 Å². The molecule has 0 aliphatic rings. The monoisotopic (exact) mass is 254 g/mol. The molecule has 0 amide bonds. The van der Waals surface area contributed by atoms with Gasteiger partial charge in [-0.2, -0.15) is 4.98 Å². The van der Waals surface area contributed by atoms with Crippen LogP contribution < -0.4 is 5.32 Å². The molecule has 2 aromatic heterocycles. The number of rotatable bonds is 5. The number of pyridine rings is 1. The normalized spacial score (nSPS) is 10.9. The van der Waals surface area contributed by atoms with E-state index in [1.807, 2.05) is 30.5 Å². The zero-order valence-electron chi connectivity index (χ0n) is 10.4. The molecular formula is C14H14N4O. The number of nitrogens with one attached hydrogen (secondary N) is 1. The molecule has 0 saturated heterocycles. The molecule has 96 valence electrons. The minimum atomic E-state index is 0.729. The van der Waals surface area contributed by atoms with Crippen molar-refractivity contribution in [2.75, 3.05) is 6.54 Å². The highest BCUT2D eigenvalue weighted by Crippen LogP contribution is 2.15. The summed E-state index contributed by atoms with van der Waals surface area (Å²) in [6.45, 7) is 1.62. The zero-order valence-corrected chi connectivity index (χ0v) is 10.4. The first kappa shape index (κ1) is 11.8. The second-order valence-corrected chi connectivity index (χ2v) is 4.26. The lowest BCUT2D eigenvalue weighted by Crippen LogP contribution is -2.17. The molecule has 0 aliphatic carbocycles. The smallest absolute Gasteiger partial charge is 0.213 e. The summed E-state index contributed by atoms with van der Waals surface area (Å²) >= 11 is 0. The molecule has 0 bridgehead atoms. The Labute approximate surface area is 110 Å². The van der Waals surface area contributed by atoms with E-state index in [1.165, 1.54) is 17.3 Å². The summed E-state index contributed by atoms with van der Waals surface area (Å²) in [7, 11) is 0. The van der Waals surface area contributed by atoms with Gasteiger partial charge in [0.15, 0.2) is 5.82 Å². The third-order valence-corrected chi connectivity index (χ3v) is 2.99. The first-order valence-electron chi connectivity index (χ1n) is 6.22. The Hall–Kier alpha value is -2.27. The number of hydrogen-bond donors (Lipinski definition) is 1. The molecule has 1 N–H and O–H groups in total. The van der Waals surface area contributed by atoms with Gasteiger partial charge in [0.05, 0.1) is 5.52 Å². The average Bonchev–Trinajstić information content (AvgIpc) is 2.97. The second kappa shape index (κ2) is 5.58. The van der Waals surface area contributed by atoms with Gasteiger partial charge < -0.3 is 9.84 Å². The van der Waals surface area contributed by atoms with E-state index >= 15 is 0 Å². The summed E-state index contributed by atoms with van der Waals surface area (Å²) in [5.41, 5.74) is 2.28. The highest BCUT2D eigenvalue weighted by atomic mass is 16.5. The van der Waals surface area contributed by atoms with Gasteiger partial charge in [-0.3, -0.25) is 4.98 Å². The van der Waals surface area contributed by atoms with Gasteiger partial charge in [-0.15, -0.1) is 0 Å². The molecular weight excluding hydrogens is 240 g/mol. The first-order valence-corrected chi connectivity index (χ1v) is 6.22. The van der Waals surface area contributed by atoms with E-state index in [1.54, 1.807) is 0 Å². The van der Waals surface area contributed by atoms with Gasteiger partial charge in [0.25, 0.3) is 0 Å². The number of hydrogen-bond acceptors (Lipinski definition) is 5. The van der Waals surface area contributed by atoms with Crippen molar-refractivity contribution in [3.8, 4) is 0 Å². The van der Waals surface area contributed by atoms with Crippen LogP contribution in [0.5, 0.6) is 0 Å². The molecule has 0 fully saturated rings. The molecule has 1 aromatic carbocycles. The van der Waals surface area contributed by atoms with Crippen LogP contribution in [-0.2, 0) is 13.0 Å². The number of fused-ring (bicyclic) bond motifs is 1. The maximum Gasteiger partial charge on any atom is 0.213 e. The van der Waals surface area contributed by atoms with Crippen LogP contribution in [0.4, 0.5) is 0 Å². The van der Waals surface area contributed by atoms with Crippen LogP contribution in [0.25, 0.3) is 10.9 Å². The van der Waals surface area contributed by atoms with Crippen LogP contribution in [0.15, 0.2) is 47.4 Å². The fraction of sp³-hybridized carbons (Fsp3) is 0.214. The predicted octanol–water partition coefficient (Wildman–Crippen LogP) is 1.95. The van der Waals surface area contributed by atoms with E-state index in [2.05, 4.69) is 26.5 Å². The van der Waals surface area contributed by atoms with Gasteiger partial charge in [-0.05, 0) is 17.7 Å². The Morgan fingerprint density at radius 3 is 2.95 bits per heavy atom. The van der Waals surface area contributed by atoms with Gasteiger partial charge in [-0.25, -0.2) is 0 Å². The Kier molecular flexibility index (Phi) is 3.47. The zero-order chi connectivity index (χ0) is 12.9. The highest BCUT2D eigenvalue weighted by Gasteiger charge is 2.01. The molecule has 0 atom stereocenters. The quantitative estimate of drug-likeness (QED) is 0.705. The fourth-order valence-corrected chi connectivity index (χ4v) is 2.04. The Morgan fingerprint density at radius 1 is 1.11 bits per heavy atom. The van der Waals surface area contributed by atoms with E-state index in [4.69, 9.17) is 4.52 Å². The van der Waals surface area contributed by atoms with Crippen molar-refractivity contribution in [2.45, 2.75) is 13.0 Å². The summed E-state index contributed by atoms with van der Waals surface area (Å²) in [5.74, 6) is 0.729. The second-order valence-electron chi connectivity index (χ2n) is 4.26. The van der Waals surface area contributed by atoms with Crippen LogP contribution in [0.1, 0.15) is 11.4 Å². The molecule has 19 heavy (non-hydrogen) atoms. The minimum Gasteiger partial charge on any atom is -0.343 e. The van der Waals surface area contributed by atoms with Crippen LogP contribution >= 0.6 is 0 Å². The fourth-order valence-electron chi connectivity index (χ4n) is 2.04. The summed E-state index contributed by atoms with van der Waals surface area (Å²) < 4.78 is 4.69. The van der Waals surface area contributed by atoms with E-state index in [0.717, 1.165) is 30.9 Å². The number of nitrogens with zero attached hydrogens (tertiary/aromatic N) is 3. The van der Waals surface area contributed by atoms with Gasteiger partial charge >= 0.3 is 0 Å². The van der Waals surface area contributed by atoms with Crippen LogP contribution in [-0.4, -0.2) is 21.7 Å². The predicted molar refractivity (Wildman–Crippen MR) is 71.5 cm³/mol. The number of aromatic nitrogens is 3. The van der Waals surface area contributed by atoms with Crippen molar-refractivity contribution in [1.29, 1.82) is 0 Å². The maximum atomic E-state index is 4.69. The first-order chi connectivity index (χ1) is 9.43. The molecule has 5 heteroatoms. The number of benzene rings is 1. The average molecular weight is 254 g/mol. The molecule has 2 heterocycles. The van der Waals surface area contributed by atoms with Crippen molar-refractivity contribution < 1.29 is 4.52 Å². The van der Waals surface area contributed by atoms with Crippen molar-refractivity contribution >= 4 is 10.9 Å². The standard InChI is InChI=1S/C14H14N4O/c1-2-4-13-12(3-1)11(5-8-16-13)9-15-7-6-14-17-10-19-18-14/h1-5,8,10,15H,6-7,9H2. The van der Waals surface area contributed by atoms with Crippen molar-refractivity contribution in [3.05, 3.63) is 54.3 Å². The third kappa shape index (κ3) is 2.77.